The molecule has 0 radical (unpaired) electrons. The van der Waals surface area contributed by atoms with Crippen molar-refractivity contribution < 1.29 is 75.0 Å². The summed E-state index contributed by atoms with van der Waals surface area (Å²) in [6, 6.07) is 0. The first kappa shape index (κ1) is 25.8. The fraction of sp³-hybridized carbons (Fsp3) is 1.00. The van der Waals surface area contributed by atoms with Crippen LogP contribution in [0.4, 0.5) is 70.2 Å². The van der Waals surface area contributed by atoms with Crippen molar-refractivity contribution in [2.45, 2.75) is 61.6 Å². The van der Waals surface area contributed by atoms with E-state index in [1.807, 2.05) is 0 Å². The Morgan fingerprint density at radius 1 is 0.481 bits per heavy atom. The topological polar surface area (TPSA) is 9.23 Å². The molecule has 0 aromatic rings. The lowest BCUT2D eigenvalue weighted by Gasteiger charge is -2.35. The maximum absolute atomic E-state index is 12.9. The zero-order valence-electron chi connectivity index (χ0n) is 12.0. The number of alkyl halides is 16. The van der Waals surface area contributed by atoms with Gasteiger partial charge in [0.25, 0.3) is 0 Å². The van der Waals surface area contributed by atoms with Crippen LogP contribution in [0.3, 0.4) is 0 Å². The van der Waals surface area contributed by atoms with Gasteiger partial charge in [0.15, 0.2) is 12.3 Å². The van der Waals surface area contributed by atoms with Crippen molar-refractivity contribution in [3.05, 3.63) is 0 Å². The van der Waals surface area contributed by atoms with E-state index in [0.29, 0.717) is 0 Å². The molecule has 17 heteroatoms. The largest absolute Gasteiger partial charge is 0.427 e. The van der Waals surface area contributed by atoms with Crippen molar-refractivity contribution in [2.75, 3.05) is 0 Å². The molecule has 1 nitrogen and oxygen atoms in total. The summed E-state index contributed by atoms with van der Waals surface area (Å²) in [6.07, 6.45) is -42.6. The molecule has 0 fully saturated rings. The molecule has 0 aliphatic carbocycles. The van der Waals surface area contributed by atoms with Crippen LogP contribution in [0.2, 0.25) is 0 Å². The van der Waals surface area contributed by atoms with Crippen LogP contribution in [0, 0.1) is 0 Å². The third-order valence-corrected chi connectivity index (χ3v) is 2.64. The Bertz CT molecular complexity index is 446. The molecule has 27 heavy (non-hydrogen) atoms. The average Bonchev–Trinajstić information content (AvgIpc) is 2.32. The van der Waals surface area contributed by atoms with Crippen molar-refractivity contribution in [1.29, 1.82) is 0 Å². The summed E-state index contributed by atoms with van der Waals surface area (Å²) in [5.74, 6) is -13.6. The van der Waals surface area contributed by atoms with Crippen molar-refractivity contribution in [1.82, 2.24) is 0 Å². The molecule has 0 heterocycles. The van der Waals surface area contributed by atoms with Gasteiger partial charge in [-0.15, -0.1) is 0 Å². The average molecular weight is 446 g/mol. The highest BCUT2D eigenvalue weighted by molar-refractivity contribution is 4.92. The van der Waals surface area contributed by atoms with E-state index in [1.54, 1.807) is 4.74 Å². The molecular weight excluding hydrogens is 440 g/mol. The van der Waals surface area contributed by atoms with E-state index in [0.717, 1.165) is 0 Å². The number of hydrogen-bond donors (Lipinski definition) is 0. The monoisotopic (exact) mass is 446 g/mol. The van der Waals surface area contributed by atoms with Gasteiger partial charge < -0.3 is 0 Å². The predicted octanol–water partition coefficient (Wildman–Crippen LogP) is 6.04. The lowest BCUT2D eigenvalue weighted by molar-refractivity contribution is -0.479. The normalized spacial score (nSPS) is 17.8. The van der Waals surface area contributed by atoms with Gasteiger partial charge in [0.05, 0.1) is 12.8 Å². The van der Waals surface area contributed by atoms with Crippen LogP contribution >= 0.6 is 0 Å². The Balaban J connectivity index is 5.60. The Morgan fingerprint density at radius 3 is 0.889 bits per heavy atom. The van der Waals surface area contributed by atoms with Crippen molar-refractivity contribution >= 4 is 0 Å². The molecule has 164 valence electrons. The number of rotatable bonds is 8. The first-order valence-corrected chi connectivity index (χ1v) is 6.09. The quantitative estimate of drug-likeness (QED) is 0.414. The fourth-order valence-corrected chi connectivity index (χ4v) is 1.32. The van der Waals surface area contributed by atoms with E-state index < -0.39 is 61.6 Å². The minimum absolute atomic E-state index is 1.64. The second-order valence-electron chi connectivity index (χ2n) is 4.96. The van der Waals surface area contributed by atoms with Crippen molar-refractivity contribution in [3.8, 4) is 0 Å². The first-order chi connectivity index (χ1) is 11.5. The minimum Gasteiger partial charge on any atom is -0.245 e. The zero-order chi connectivity index (χ0) is 22.3. The molecule has 0 saturated heterocycles. The Kier molecular flexibility index (Phi) is 7.03. The SMILES string of the molecule is FC(CC(F)(F)F)C(F)(F)C(F)(F)OC(F)(F)C(F)(F)C(F)CC(F)(F)F. The Labute approximate surface area is 138 Å². The number of halogens is 16. The van der Waals surface area contributed by atoms with Crippen LogP contribution in [0.5, 0.6) is 0 Å². The summed E-state index contributed by atoms with van der Waals surface area (Å²) in [5.41, 5.74) is 0. The maximum Gasteiger partial charge on any atom is 0.427 e. The molecule has 2 unspecified atom stereocenters. The summed E-state index contributed by atoms with van der Waals surface area (Å²) in [6.45, 7) is 0. The van der Waals surface area contributed by atoms with E-state index in [4.69, 9.17) is 0 Å². The van der Waals surface area contributed by atoms with Gasteiger partial charge in [-0.3, -0.25) is 0 Å². The van der Waals surface area contributed by atoms with Crippen LogP contribution in [0.25, 0.3) is 0 Å². The third-order valence-electron chi connectivity index (χ3n) is 2.64. The molecule has 2 atom stereocenters. The van der Waals surface area contributed by atoms with Gasteiger partial charge in [0, 0.05) is 0 Å². The predicted molar refractivity (Wildman–Crippen MR) is 52.0 cm³/mol. The molecule has 0 bridgehead atoms. The zero-order valence-corrected chi connectivity index (χ0v) is 12.0. The van der Waals surface area contributed by atoms with Crippen LogP contribution in [0.1, 0.15) is 12.8 Å². The molecular formula is C10H6F16O. The standard InChI is InChI=1S/C10H6F16O/c11-3(1-5(13,14)15)7(19,20)9(23,24)27-10(25,26)8(21,22)4(12)2-6(16,17)18/h3-4H,1-2H2. The van der Waals surface area contributed by atoms with E-state index in [-0.39, 0.29) is 0 Å². The van der Waals surface area contributed by atoms with E-state index in [1.165, 1.54) is 0 Å². The van der Waals surface area contributed by atoms with Crippen molar-refractivity contribution in [3.63, 3.8) is 0 Å². The van der Waals surface area contributed by atoms with Gasteiger partial charge in [-0.2, -0.15) is 61.5 Å². The molecule has 0 aromatic carbocycles. The van der Waals surface area contributed by atoms with Gasteiger partial charge in [0.2, 0.25) is 0 Å². The van der Waals surface area contributed by atoms with Gasteiger partial charge >= 0.3 is 36.4 Å². The smallest absolute Gasteiger partial charge is 0.245 e. The van der Waals surface area contributed by atoms with Crippen LogP contribution in [0.15, 0.2) is 0 Å². The molecule has 0 spiro atoms. The molecule has 0 aromatic heterocycles. The summed E-state index contributed by atoms with van der Waals surface area (Å²) in [5, 5.41) is 0. The van der Waals surface area contributed by atoms with E-state index in [9.17, 15) is 70.2 Å². The van der Waals surface area contributed by atoms with Crippen molar-refractivity contribution in [2.24, 2.45) is 0 Å². The second-order valence-corrected chi connectivity index (χ2v) is 4.96. The Hall–Kier alpha value is -1.16. The highest BCUT2D eigenvalue weighted by Crippen LogP contribution is 2.50. The number of ether oxygens (including phenoxy) is 1. The van der Waals surface area contributed by atoms with Gasteiger partial charge in [-0.25, -0.2) is 13.5 Å². The maximum atomic E-state index is 12.9. The number of hydrogen-bond acceptors (Lipinski definition) is 1. The van der Waals surface area contributed by atoms with Crippen LogP contribution < -0.4 is 0 Å². The molecule has 0 amide bonds. The first-order valence-electron chi connectivity index (χ1n) is 6.09. The van der Waals surface area contributed by atoms with Crippen LogP contribution in [-0.2, 0) is 4.74 Å². The Morgan fingerprint density at radius 2 is 0.704 bits per heavy atom. The van der Waals surface area contributed by atoms with Gasteiger partial charge in [-0.05, 0) is 0 Å². The third kappa shape index (κ3) is 6.44. The van der Waals surface area contributed by atoms with Gasteiger partial charge in [0.1, 0.15) is 0 Å². The summed E-state index contributed by atoms with van der Waals surface area (Å²) in [4.78, 5) is 0. The molecule has 0 aliphatic heterocycles. The second kappa shape index (κ2) is 7.35. The summed E-state index contributed by atoms with van der Waals surface area (Å²) >= 11 is 0. The van der Waals surface area contributed by atoms with E-state index >= 15 is 0 Å². The summed E-state index contributed by atoms with van der Waals surface area (Å²) < 4.78 is 201. The van der Waals surface area contributed by atoms with E-state index in [2.05, 4.69) is 0 Å². The molecule has 0 saturated carbocycles. The molecule has 0 rings (SSSR count). The van der Waals surface area contributed by atoms with Crippen LogP contribution in [-0.4, -0.2) is 48.8 Å². The summed E-state index contributed by atoms with van der Waals surface area (Å²) in [7, 11) is 0. The van der Waals surface area contributed by atoms with Gasteiger partial charge in [-0.1, -0.05) is 0 Å². The lowest BCUT2D eigenvalue weighted by atomic mass is 10.1. The highest BCUT2D eigenvalue weighted by atomic mass is 19.4. The molecule has 0 N–H and O–H groups in total. The lowest BCUT2D eigenvalue weighted by Crippen LogP contribution is -2.59. The fourth-order valence-electron chi connectivity index (χ4n) is 1.32. The minimum atomic E-state index is -7.09. The highest BCUT2D eigenvalue weighted by Gasteiger charge is 2.74. The molecule has 0 aliphatic rings.